The molecule has 0 saturated heterocycles. The molecule has 2 atom stereocenters. The van der Waals surface area contributed by atoms with Crippen LogP contribution in [0.25, 0.3) is 0 Å². The number of fused-ring (bicyclic) bond motifs is 1. The lowest BCUT2D eigenvalue weighted by Gasteiger charge is -2.41. The summed E-state index contributed by atoms with van der Waals surface area (Å²) >= 11 is 0. The van der Waals surface area contributed by atoms with Crippen molar-refractivity contribution in [1.82, 2.24) is 0 Å². The van der Waals surface area contributed by atoms with Crippen LogP contribution in [0.1, 0.15) is 39.0 Å². The highest BCUT2D eigenvalue weighted by molar-refractivity contribution is 5.87. The van der Waals surface area contributed by atoms with Crippen LogP contribution in [0.2, 0.25) is 0 Å². The van der Waals surface area contributed by atoms with E-state index in [0.717, 1.165) is 18.4 Å². The molecule has 2 heteroatoms. The zero-order valence-corrected chi connectivity index (χ0v) is 8.10. The number of carbonyl (C=O) groups excluding carboxylic acids is 1. The van der Waals surface area contributed by atoms with Crippen LogP contribution < -0.4 is 0 Å². The van der Waals surface area contributed by atoms with Crippen LogP contribution in [0, 0.1) is 5.41 Å². The lowest BCUT2D eigenvalue weighted by atomic mass is 9.65. The minimum atomic E-state index is -0.778. The van der Waals surface area contributed by atoms with Crippen molar-refractivity contribution < 1.29 is 9.90 Å². The molecule has 0 aromatic carbocycles. The molecule has 2 rings (SSSR count). The molecule has 0 radical (unpaired) electrons. The second kappa shape index (κ2) is 2.44. The molecule has 0 amide bonds. The summed E-state index contributed by atoms with van der Waals surface area (Å²) in [4.78, 5) is 11.7. The van der Waals surface area contributed by atoms with Crippen LogP contribution in [0.4, 0.5) is 0 Å². The van der Waals surface area contributed by atoms with Crippen molar-refractivity contribution in [3.8, 4) is 0 Å². The highest BCUT2D eigenvalue weighted by Crippen LogP contribution is 2.54. The Bertz CT molecular complexity index is 282. The summed E-state index contributed by atoms with van der Waals surface area (Å²) in [6.45, 7) is 5.79. The molecule has 2 nitrogen and oxygen atoms in total. The van der Waals surface area contributed by atoms with Gasteiger partial charge in [0.15, 0.2) is 0 Å². The number of Topliss-reactive ketones (excluding diaryl/α,β-unsaturated/α-hetero) is 1. The van der Waals surface area contributed by atoms with Gasteiger partial charge in [-0.2, -0.15) is 0 Å². The zero-order chi connectivity index (χ0) is 9.69. The maximum atomic E-state index is 11.7. The molecule has 72 valence electrons. The minimum Gasteiger partial charge on any atom is -0.389 e. The van der Waals surface area contributed by atoms with Crippen LogP contribution in [0.3, 0.4) is 0 Å². The van der Waals surface area contributed by atoms with Crippen molar-refractivity contribution in [3.63, 3.8) is 0 Å². The van der Waals surface area contributed by atoms with Crippen LogP contribution in [-0.4, -0.2) is 16.5 Å². The zero-order valence-electron chi connectivity index (χ0n) is 8.10. The van der Waals surface area contributed by atoms with Crippen LogP contribution in [0.5, 0.6) is 0 Å². The van der Waals surface area contributed by atoms with E-state index >= 15 is 0 Å². The maximum Gasteiger partial charge on any atom is 0.141 e. The molecule has 0 bridgehead atoms. The molecule has 0 aliphatic heterocycles. The number of carbonyl (C=O) groups is 1. The Morgan fingerprint density at radius 2 is 2.15 bits per heavy atom. The largest absolute Gasteiger partial charge is 0.389 e. The Labute approximate surface area is 78.6 Å². The Hall–Kier alpha value is -0.630. The van der Waals surface area contributed by atoms with Gasteiger partial charge in [0.1, 0.15) is 5.78 Å². The van der Waals surface area contributed by atoms with E-state index in [1.807, 2.05) is 6.92 Å². The third kappa shape index (κ3) is 1.01. The van der Waals surface area contributed by atoms with Gasteiger partial charge in [0.05, 0.1) is 11.0 Å². The Balaban J connectivity index is 2.42. The number of hydrogen-bond acceptors (Lipinski definition) is 2. The molecular weight excluding hydrogens is 164 g/mol. The van der Waals surface area contributed by atoms with E-state index in [-0.39, 0.29) is 5.78 Å². The minimum absolute atomic E-state index is 0.222. The van der Waals surface area contributed by atoms with Gasteiger partial charge in [-0.3, -0.25) is 4.79 Å². The van der Waals surface area contributed by atoms with E-state index in [4.69, 9.17) is 0 Å². The fourth-order valence-electron chi connectivity index (χ4n) is 2.88. The van der Waals surface area contributed by atoms with Gasteiger partial charge in [0, 0.05) is 6.42 Å². The molecule has 1 N–H and O–H groups in total. The normalized spacial score (nSPS) is 45.1. The van der Waals surface area contributed by atoms with Crippen molar-refractivity contribution >= 4 is 5.78 Å². The number of hydrogen-bond donors (Lipinski definition) is 1. The van der Waals surface area contributed by atoms with Crippen LogP contribution in [0.15, 0.2) is 12.2 Å². The third-order valence-corrected chi connectivity index (χ3v) is 3.78. The van der Waals surface area contributed by atoms with Gasteiger partial charge in [-0.1, -0.05) is 12.2 Å². The molecule has 2 fully saturated rings. The second-order valence-corrected chi connectivity index (χ2v) is 4.74. The van der Waals surface area contributed by atoms with Crippen molar-refractivity contribution in [2.24, 2.45) is 5.41 Å². The Morgan fingerprint density at radius 3 is 2.77 bits per heavy atom. The molecule has 0 aromatic heterocycles. The monoisotopic (exact) mass is 180 g/mol. The topological polar surface area (TPSA) is 37.3 Å². The quantitative estimate of drug-likeness (QED) is 0.577. The average molecular weight is 180 g/mol. The van der Waals surface area contributed by atoms with Gasteiger partial charge in [-0.05, 0) is 32.6 Å². The van der Waals surface area contributed by atoms with E-state index in [1.54, 1.807) is 0 Å². The van der Waals surface area contributed by atoms with E-state index < -0.39 is 11.0 Å². The summed E-state index contributed by atoms with van der Waals surface area (Å²) in [5.41, 5.74) is -0.276. The van der Waals surface area contributed by atoms with Gasteiger partial charge >= 0.3 is 0 Å². The third-order valence-electron chi connectivity index (χ3n) is 3.78. The standard InChI is InChI=1S/C11H16O2/c1-8-6-10(2)9(12)4-3-5-11(10,13)7-8/h13H,1,3-7H2,2H3/t10-,11+/m1/s1. The summed E-state index contributed by atoms with van der Waals surface area (Å²) < 4.78 is 0. The van der Waals surface area contributed by atoms with Gasteiger partial charge in [-0.25, -0.2) is 0 Å². The van der Waals surface area contributed by atoms with Crippen molar-refractivity contribution in [3.05, 3.63) is 12.2 Å². The van der Waals surface area contributed by atoms with Gasteiger partial charge in [0.25, 0.3) is 0 Å². The van der Waals surface area contributed by atoms with Gasteiger partial charge < -0.3 is 5.11 Å². The lowest BCUT2D eigenvalue weighted by Crippen LogP contribution is -2.50. The molecule has 0 heterocycles. The van der Waals surface area contributed by atoms with Crippen LogP contribution in [-0.2, 0) is 4.79 Å². The summed E-state index contributed by atoms with van der Waals surface area (Å²) in [6, 6.07) is 0. The first kappa shape index (κ1) is 8.95. The maximum absolute atomic E-state index is 11.7. The molecular formula is C11H16O2. The molecule has 2 saturated carbocycles. The van der Waals surface area contributed by atoms with E-state index in [1.165, 1.54) is 0 Å². The highest BCUT2D eigenvalue weighted by Gasteiger charge is 2.57. The molecule has 0 aromatic rings. The lowest BCUT2D eigenvalue weighted by molar-refractivity contribution is -0.149. The average Bonchev–Trinajstić information content (AvgIpc) is 2.23. The summed E-state index contributed by atoms with van der Waals surface area (Å²) in [5, 5.41) is 10.3. The molecule has 2 aliphatic rings. The number of aliphatic hydroxyl groups is 1. The molecule has 2 aliphatic carbocycles. The molecule has 0 spiro atoms. The fraction of sp³-hybridized carbons (Fsp3) is 0.727. The second-order valence-electron chi connectivity index (χ2n) is 4.74. The van der Waals surface area contributed by atoms with E-state index in [9.17, 15) is 9.90 Å². The first-order valence-corrected chi connectivity index (χ1v) is 4.90. The molecule has 13 heavy (non-hydrogen) atoms. The number of ketones is 1. The first-order valence-electron chi connectivity index (χ1n) is 4.90. The van der Waals surface area contributed by atoms with Gasteiger partial charge in [-0.15, -0.1) is 0 Å². The fourth-order valence-corrected chi connectivity index (χ4v) is 2.88. The van der Waals surface area contributed by atoms with Crippen LogP contribution >= 0.6 is 0 Å². The summed E-state index contributed by atoms with van der Waals surface area (Å²) in [6.07, 6.45) is 3.52. The predicted octanol–water partition coefficient (Wildman–Crippen LogP) is 1.83. The Kier molecular flexibility index (Phi) is 1.68. The first-order chi connectivity index (χ1) is 5.98. The molecule has 0 unspecified atom stereocenters. The summed E-state index contributed by atoms with van der Waals surface area (Å²) in [7, 11) is 0. The summed E-state index contributed by atoms with van der Waals surface area (Å²) in [5.74, 6) is 0.222. The van der Waals surface area contributed by atoms with E-state index in [2.05, 4.69) is 6.58 Å². The smallest absolute Gasteiger partial charge is 0.141 e. The van der Waals surface area contributed by atoms with Crippen molar-refractivity contribution in [2.75, 3.05) is 0 Å². The van der Waals surface area contributed by atoms with Gasteiger partial charge in [0.2, 0.25) is 0 Å². The Morgan fingerprint density at radius 1 is 1.46 bits per heavy atom. The predicted molar refractivity (Wildman–Crippen MR) is 50.3 cm³/mol. The highest BCUT2D eigenvalue weighted by atomic mass is 16.3. The SMILES string of the molecule is C=C1C[C@@]2(O)CCCC(=O)[C@@]2(C)C1. The van der Waals surface area contributed by atoms with Crippen molar-refractivity contribution in [2.45, 2.75) is 44.6 Å². The number of rotatable bonds is 0. The van der Waals surface area contributed by atoms with E-state index in [0.29, 0.717) is 19.3 Å². The van der Waals surface area contributed by atoms with Crippen molar-refractivity contribution in [1.29, 1.82) is 0 Å².